The van der Waals surface area contributed by atoms with Gasteiger partial charge in [0.2, 0.25) is 10.0 Å². The van der Waals surface area contributed by atoms with Crippen molar-refractivity contribution in [2.24, 2.45) is 0 Å². The molecule has 0 aliphatic heterocycles. The molecule has 1 aliphatic rings. The van der Waals surface area contributed by atoms with Crippen molar-refractivity contribution in [1.29, 1.82) is 0 Å². The van der Waals surface area contributed by atoms with E-state index >= 15 is 0 Å². The first-order valence-electron chi connectivity index (χ1n) is 12.7. The maximum atomic E-state index is 12.6. The van der Waals surface area contributed by atoms with E-state index in [0.29, 0.717) is 5.69 Å². The molecule has 0 fully saturated rings. The van der Waals surface area contributed by atoms with E-state index in [1.165, 1.54) is 0 Å². The Morgan fingerprint density at radius 3 is 1.88 bits per heavy atom. The van der Waals surface area contributed by atoms with Gasteiger partial charge < -0.3 is 15.2 Å². The van der Waals surface area contributed by atoms with E-state index in [4.69, 9.17) is 4.74 Å². The number of benzene rings is 4. The average molecular weight is 557 g/mol. The maximum absolute atomic E-state index is 12.6. The molecule has 3 N–H and O–H groups in total. The Labute approximate surface area is 232 Å². The molecule has 1 atom stereocenters. The summed E-state index contributed by atoms with van der Waals surface area (Å²) >= 11 is 0. The first-order valence-corrected chi connectivity index (χ1v) is 14.6. The third-order valence-corrected chi connectivity index (χ3v) is 7.46. The van der Waals surface area contributed by atoms with E-state index in [9.17, 15) is 23.1 Å². The van der Waals surface area contributed by atoms with Crippen LogP contribution in [0.1, 0.15) is 22.6 Å². The van der Waals surface area contributed by atoms with Crippen LogP contribution >= 0.6 is 0 Å². The third kappa shape index (κ3) is 6.16. The summed E-state index contributed by atoms with van der Waals surface area (Å²) in [6.07, 6.45) is 0.386. The molecule has 0 unspecified atom stereocenters. The van der Waals surface area contributed by atoms with Crippen molar-refractivity contribution in [3.63, 3.8) is 0 Å². The highest BCUT2D eigenvalue weighted by atomic mass is 32.2. The molecular weight excluding hydrogens is 528 g/mol. The summed E-state index contributed by atoms with van der Waals surface area (Å²) in [5.74, 6) is -1.28. The standard InChI is InChI=1S/C31H28N2O6S/c1-40(37,38)33-23-16-14-22(15-17-23)21-12-10-20(11-13-21)18-29(30(34)35)32-31(36)39-19-28-26-8-4-2-6-24(26)25-7-3-5-9-27(25)28/h2-17,28-29,33H,18-19H2,1H3,(H,32,36)(H,34,35)/t29-/m0/s1. The number of hydrogen-bond acceptors (Lipinski definition) is 5. The summed E-state index contributed by atoms with van der Waals surface area (Å²) in [7, 11) is -3.36. The number of aliphatic carboxylic acids is 1. The Balaban J connectivity index is 1.20. The van der Waals surface area contributed by atoms with Gasteiger partial charge in [0.05, 0.1) is 6.26 Å². The van der Waals surface area contributed by atoms with Gasteiger partial charge in [-0.3, -0.25) is 4.72 Å². The Morgan fingerprint density at radius 1 is 0.825 bits per heavy atom. The van der Waals surface area contributed by atoms with Gasteiger partial charge in [-0.15, -0.1) is 0 Å². The molecule has 9 heteroatoms. The fourth-order valence-corrected chi connectivity index (χ4v) is 5.56. The lowest BCUT2D eigenvalue weighted by molar-refractivity contribution is -0.139. The molecular formula is C31H28N2O6S. The molecule has 0 radical (unpaired) electrons. The second kappa shape index (κ2) is 11.2. The predicted molar refractivity (Wildman–Crippen MR) is 154 cm³/mol. The summed E-state index contributed by atoms with van der Waals surface area (Å²) in [5.41, 5.74) is 7.32. The van der Waals surface area contributed by atoms with Crippen LogP contribution in [-0.4, -0.2) is 44.5 Å². The van der Waals surface area contributed by atoms with Crippen molar-refractivity contribution >= 4 is 27.8 Å². The van der Waals surface area contributed by atoms with Crippen molar-refractivity contribution in [3.8, 4) is 22.3 Å². The highest BCUT2D eigenvalue weighted by molar-refractivity contribution is 7.92. The number of fused-ring (bicyclic) bond motifs is 3. The van der Waals surface area contributed by atoms with Crippen molar-refractivity contribution in [2.75, 3.05) is 17.6 Å². The number of sulfonamides is 1. The Hall–Kier alpha value is -4.63. The van der Waals surface area contributed by atoms with Crippen molar-refractivity contribution < 1.29 is 27.9 Å². The van der Waals surface area contributed by atoms with Crippen molar-refractivity contribution in [2.45, 2.75) is 18.4 Å². The summed E-state index contributed by atoms with van der Waals surface area (Å²) in [6.45, 7) is 0.0966. The Bertz CT molecular complexity index is 1600. The average Bonchev–Trinajstić information content (AvgIpc) is 3.25. The lowest BCUT2D eigenvalue weighted by Gasteiger charge is -2.17. The zero-order valence-electron chi connectivity index (χ0n) is 21.7. The molecule has 1 aliphatic carbocycles. The van der Waals surface area contributed by atoms with E-state index in [-0.39, 0.29) is 18.9 Å². The highest BCUT2D eigenvalue weighted by Gasteiger charge is 2.29. The zero-order chi connectivity index (χ0) is 28.3. The van der Waals surface area contributed by atoms with Crippen LogP contribution in [0.3, 0.4) is 0 Å². The van der Waals surface area contributed by atoms with Gasteiger partial charge in [0.15, 0.2) is 0 Å². The van der Waals surface area contributed by atoms with Crippen LogP contribution in [0.15, 0.2) is 97.1 Å². The Kier molecular flexibility index (Phi) is 7.57. The van der Waals surface area contributed by atoms with Crippen LogP contribution in [0.5, 0.6) is 0 Å². The van der Waals surface area contributed by atoms with Gasteiger partial charge in [-0.25, -0.2) is 18.0 Å². The number of nitrogens with one attached hydrogen (secondary N) is 2. The molecule has 0 bridgehead atoms. The van der Waals surface area contributed by atoms with Crippen molar-refractivity contribution in [1.82, 2.24) is 5.32 Å². The topological polar surface area (TPSA) is 122 Å². The van der Waals surface area contributed by atoms with Crippen LogP contribution in [0.2, 0.25) is 0 Å². The lowest BCUT2D eigenvalue weighted by atomic mass is 9.98. The molecule has 4 aromatic rings. The molecule has 8 nitrogen and oxygen atoms in total. The van der Waals surface area contributed by atoms with Gasteiger partial charge in [-0.1, -0.05) is 84.9 Å². The van der Waals surface area contributed by atoms with E-state index in [2.05, 4.69) is 10.0 Å². The monoisotopic (exact) mass is 556 g/mol. The van der Waals surface area contributed by atoms with Gasteiger partial charge in [0, 0.05) is 18.0 Å². The molecule has 1 amide bonds. The van der Waals surface area contributed by atoms with Crippen LogP contribution < -0.4 is 10.0 Å². The molecule has 40 heavy (non-hydrogen) atoms. The molecule has 0 heterocycles. The summed E-state index contributed by atoms with van der Waals surface area (Å²) in [5, 5.41) is 12.2. The van der Waals surface area contributed by atoms with Gasteiger partial charge in [-0.2, -0.15) is 0 Å². The highest BCUT2D eigenvalue weighted by Crippen LogP contribution is 2.44. The largest absolute Gasteiger partial charge is 0.480 e. The molecule has 0 aromatic heterocycles. The minimum Gasteiger partial charge on any atom is -0.480 e. The second-order valence-corrected chi connectivity index (χ2v) is 11.5. The number of carbonyl (C=O) groups excluding carboxylic acids is 1. The van der Waals surface area contributed by atoms with Crippen LogP contribution in [0.4, 0.5) is 10.5 Å². The number of hydrogen-bond donors (Lipinski definition) is 3. The summed E-state index contributed by atoms with van der Waals surface area (Å²) in [6, 6.07) is 29.0. The van der Waals surface area contributed by atoms with E-state index < -0.39 is 28.1 Å². The number of carboxylic acids is 1. The normalized spacial score (nSPS) is 13.1. The maximum Gasteiger partial charge on any atom is 0.407 e. The van der Waals surface area contributed by atoms with Crippen LogP contribution in [-0.2, 0) is 26.0 Å². The number of carbonyl (C=O) groups is 2. The van der Waals surface area contributed by atoms with E-state index in [1.54, 1.807) is 36.4 Å². The van der Waals surface area contributed by atoms with E-state index in [0.717, 1.165) is 45.2 Å². The van der Waals surface area contributed by atoms with Gasteiger partial charge in [0.1, 0.15) is 12.6 Å². The molecule has 0 saturated heterocycles. The number of rotatable bonds is 9. The predicted octanol–water partition coefficient (Wildman–Crippen LogP) is 5.26. The number of ether oxygens (including phenoxy) is 1. The van der Waals surface area contributed by atoms with Gasteiger partial charge in [0.25, 0.3) is 0 Å². The van der Waals surface area contributed by atoms with Crippen LogP contribution in [0.25, 0.3) is 22.3 Å². The smallest absolute Gasteiger partial charge is 0.407 e. The second-order valence-electron chi connectivity index (χ2n) is 9.71. The molecule has 5 rings (SSSR count). The summed E-state index contributed by atoms with van der Waals surface area (Å²) in [4.78, 5) is 24.6. The Morgan fingerprint density at radius 2 is 1.35 bits per heavy atom. The number of carboxylic acid groups (broad SMARTS) is 1. The number of alkyl carbamates (subject to hydrolysis) is 1. The minimum atomic E-state index is -3.36. The quantitative estimate of drug-likeness (QED) is 0.259. The SMILES string of the molecule is CS(=O)(=O)Nc1ccc(-c2ccc(C[C@H](NC(=O)OCC3c4ccccc4-c4ccccc43)C(=O)O)cc2)cc1. The molecule has 0 spiro atoms. The number of amides is 1. The zero-order valence-corrected chi connectivity index (χ0v) is 22.5. The van der Waals surface area contributed by atoms with E-state index in [1.807, 2.05) is 60.7 Å². The van der Waals surface area contributed by atoms with Gasteiger partial charge >= 0.3 is 12.1 Å². The third-order valence-electron chi connectivity index (χ3n) is 6.85. The molecule has 0 saturated carbocycles. The van der Waals surface area contributed by atoms with Gasteiger partial charge in [-0.05, 0) is 51.1 Å². The fourth-order valence-electron chi connectivity index (χ4n) is 5.00. The fraction of sp³-hybridized carbons (Fsp3) is 0.161. The lowest BCUT2D eigenvalue weighted by Crippen LogP contribution is -2.42. The summed E-state index contributed by atoms with van der Waals surface area (Å²) < 4.78 is 30.7. The first kappa shape index (κ1) is 27.0. The van der Waals surface area contributed by atoms with Crippen LogP contribution in [0, 0.1) is 0 Å². The first-order chi connectivity index (χ1) is 19.2. The minimum absolute atomic E-state index is 0.0804. The number of anilines is 1. The van der Waals surface area contributed by atoms with Crippen molar-refractivity contribution in [3.05, 3.63) is 114 Å². The molecule has 204 valence electrons. The molecule has 4 aromatic carbocycles.